The monoisotopic (exact) mass is 270 g/mol. The molecule has 1 aromatic heterocycles. The molecule has 1 amide bonds. The molecule has 0 aliphatic heterocycles. The molecule has 2 aromatic rings. The van der Waals surface area contributed by atoms with Gasteiger partial charge in [-0.2, -0.15) is 0 Å². The summed E-state index contributed by atoms with van der Waals surface area (Å²) in [4.78, 5) is 11.8. The molecule has 0 fully saturated rings. The highest BCUT2D eigenvalue weighted by Crippen LogP contribution is 2.09. The van der Waals surface area contributed by atoms with Crippen LogP contribution >= 0.6 is 0 Å². The lowest BCUT2D eigenvalue weighted by molar-refractivity contribution is -0.121. The molecule has 0 atom stereocenters. The number of carbonyl (C=O) groups is 1. The van der Waals surface area contributed by atoms with Gasteiger partial charge < -0.3 is 9.88 Å². The van der Waals surface area contributed by atoms with Crippen LogP contribution in [0.25, 0.3) is 0 Å². The second-order valence-corrected chi connectivity index (χ2v) is 5.05. The van der Waals surface area contributed by atoms with Crippen molar-refractivity contribution in [3.05, 3.63) is 59.9 Å². The smallest absolute Gasteiger partial charge is 0.220 e. The summed E-state index contributed by atoms with van der Waals surface area (Å²) in [5.74, 6) is 0.140. The van der Waals surface area contributed by atoms with E-state index in [1.54, 1.807) is 0 Å². The molecule has 0 radical (unpaired) electrons. The SMILES string of the molecule is Cc1ccccc1CCC(=O)NCCCn1cccc1. The van der Waals surface area contributed by atoms with Crippen molar-refractivity contribution >= 4 is 5.91 Å². The number of carbonyl (C=O) groups excluding carboxylic acids is 1. The van der Waals surface area contributed by atoms with Crippen LogP contribution in [0.5, 0.6) is 0 Å². The van der Waals surface area contributed by atoms with Crippen LogP contribution in [0.4, 0.5) is 0 Å². The molecule has 0 saturated heterocycles. The molecule has 20 heavy (non-hydrogen) atoms. The molecule has 0 bridgehead atoms. The molecule has 1 N–H and O–H groups in total. The molecule has 3 heteroatoms. The third-order valence-corrected chi connectivity index (χ3v) is 3.46. The Bertz CT molecular complexity index is 532. The van der Waals surface area contributed by atoms with E-state index >= 15 is 0 Å². The van der Waals surface area contributed by atoms with Gasteiger partial charge in [-0.05, 0) is 43.0 Å². The molecule has 0 spiro atoms. The molecule has 1 heterocycles. The van der Waals surface area contributed by atoms with Crippen LogP contribution in [0.3, 0.4) is 0 Å². The number of hydrogen-bond acceptors (Lipinski definition) is 1. The zero-order chi connectivity index (χ0) is 14.2. The van der Waals surface area contributed by atoms with Crippen molar-refractivity contribution < 1.29 is 4.79 Å². The van der Waals surface area contributed by atoms with Crippen LogP contribution in [0, 0.1) is 6.92 Å². The number of rotatable bonds is 7. The molecule has 1 aromatic carbocycles. The minimum absolute atomic E-state index is 0.140. The maximum absolute atomic E-state index is 11.8. The summed E-state index contributed by atoms with van der Waals surface area (Å²) in [6.07, 6.45) is 6.43. The lowest BCUT2D eigenvalue weighted by Crippen LogP contribution is -2.25. The van der Waals surface area contributed by atoms with E-state index in [1.165, 1.54) is 11.1 Å². The maximum atomic E-state index is 11.8. The van der Waals surface area contributed by atoms with Gasteiger partial charge in [0.15, 0.2) is 0 Å². The molecular formula is C17H22N2O. The summed E-state index contributed by atoms with van der Waals surface area (Å²) in [7, 11) is 0. The number of hydrogen-bond donors (Lipinski definition) is 1. The summed E-state index contributed by atoms with van der Waals surface area (Å²) < 4.78 is 2.12. The summed E-state index contributed by atoms with van der Waals surface area (Å²) in [6, 6.07) is 12.3. The molecule has 0 saturated carbocycles. The van der Waals surface area contributed by atoms with E-state index in [0.29, 0.717) is 6.42 Å². The van der Waals surface area contributed by atoms with Gasteiger partial charge >= 0.3 is 0 Å². The standard InChI is InChI=1S/C17H22N2O/c1-15-7-2-3-8-16(15)9-10-17(20)18-11-6-14-19-12-4-5-13-19/h2-5,7-8,12-13H,6,9-11,14H2,1H3,(H,18,20). The van der Waals surface area contributed by atoms with E-state index < -0.39 is 0 Å². The van der Waals surface area contributed by atoms with Gasteiger partial charge in [-0.15, -0.1) is 0 Å². The van der Waals surface area contributed by atoms with Gasteiger partial charge in [0.2, 0.25) is 5.91 Å². The van der Waals surface area contributed by atoms with E-state index in [0.717, 1.165) is 25.9 Å². The Morgan fingerprint density at radius 1 is 1.15 bits per heavy atom. The van der Waals surface area contributed by atoms with Crippen LogP contribution in [0.2, 0.25) is 0 Å². The Kier molecular flexibility index (Phi) is 5.42. The Hall–Kier alpha value is -2.03. The van der Waals surface area contributed by atoms with Gasteiger partial charge in [-0.3, -0.25) is 4.79 Å². The lowest BCUT2D eigenvalue weighted by atomic mass is 10.0. The first-order chi connectivity index (χ1) is 9.75. The molecule has 0 aliphatic rings. The van der Waals surface area contributed by atoms with E-state index in [4.69, 9.17) is 0 Å². The quantitative estimate of drug-likeness (QED) is 0.771. The van der Waals surface area contributed by atoms with Crippen LogP contribution in [-0.4, -0.2) is 17.0 Å². The number of aromatic nitrogens is 1. The zero-order valence-electron chi connectivity index (χ0n) is 12.0. The van der Waals surface area contributed by atoms with Crippen LogP contribution in [0.1, 0.15) is 24.0 Å². The van der Waals surface area contributed by atoms with Crippen molar-refractivity contribution in [1.29, 1.82) is 0 Å². The van der Waals surface area contributed by atoms with Crippen molar-refractivity contribution in [2.24, 2.45) is 0 Å². The van der Waals surface area contributed by atoms with Crippen molar-refractivity contribution in [2.75, 3.05) is 6.54 Å². The first kappa shape index (κ1) is 14.4. The number of nitrogens with one attached hydrogen (secondary N) is 1. The Morgan fingerprint density at radius 3 is 2.65 bits per heavy atom. The molecule has 2 rings (SSSR count). The average molecular weight is 270 g/mol. The second kappa shape index (κ2) is 7.53. The number of aryl methyl sites for hydroxylation is 3. The molecule has 0 aliphatic carbocycles. The minimum Gasteiger partial charge on any atom is -0.356 e. The van der Waals surface area contributed by atoms with Gasteiger partial charge in [0.25, 0.3) is 0 Å². The highest BCUT2D eigenvalue weighted by atomic mass is 16.1. The average Bonchev–Trinajstić information content (AvgIpc) is 2.96. The third kappa shape index (κ3) is 4.57. The summed E-state index contributed by atoms with van der Waals surface area (Å²) >= 11 is 0. The lowest BCUT2D eigenvalue weighted by Gasteiger charge is -2.07. The molecular weight excluding hydrogens is 248 g/mol. The number of amides is 1. The molecule has 106 valence electrons. The predicted molar refractivity (Wildman–Crippen MR) is 81.6 cm³/mol. The topological polar surface area (TPSA) is 34.0 Å². The highest BCUT2D eigenvalue weighted by Gasteiger charge is 2.03. The van der Waals surface area contributed by atoms with Gasteiger partial charge in [-0.25, -0.2) is 0 Å². The minimum atomic E-state index is 0.140. The van der Waals surface area contributed by atoms with Gasteiger partial charge in [0.05, 0.1) is 0 Å². The van der Waals surface area contributed by atoms with E-state index in [-0.39, 0.29) is 5.91 Å². The zero-order valence-corrected chi connectivity index (χ0v) is 12.0. The summed E-state index contributed by atoms with van der Waals surface area (Å²) in [5.41, 5.74) is 2.52. The first-order valence-electron chi connectivity index (χ1n) is 7.17. The fourth-order valence-electron chi connectivity index (χ4n) is 2.24. The normalized spacial score (nSPS) is 10.4. The Balaban J connectivity index is 1.62. The van der Waals surface area contributed by atoms with Crippen LogP contribution in [0.15, 0.2) is 48.8 Å². The molecule has 3 nitrogen and oxygen atoms in total. The molecule has 0 unspecified atom stereocenters. The van der Waals surface area contributed by atoms with E-state index in [1.807, 2.05) is 36.7 Å². The largest absolute Gasteiger partial charge is 0.356 e. The van der Waals surface area contributed by atoms with E-state index in [2.05, 4.69) is 28.9 Å². The van der Waals surface area contributed by atoms with Crippen molar-refractivity contribution in [2.45, 2.75) is 32.7 Å². The summed E-state index contributed by atoms with van der Waals surface area (Å²) in [5, 5.41) is 2.98. The fraction of sp³-hybridized carbons (Fsp3) is 0.353. The van der Waals surface area contributed by atoms with E-state index in [9.17, 15) is 4.79 Å². The van der Waals surface area contributed by atoms with Crippen LogP contribution in [-0.2, 0) is 17.8 Å². The predicted octanol–water partition coefficient (Wildman–Crippen LogP) is 2.94. The van der Waals surface area contributed by atoms with Crippen molar-refractivity contribution in [3.8, 4) is 0 Å². The third-order valence-electron chi connectivity index (χ3n) is 3.46. The maximum Gasteiger partial charge on any atom is 0.220 e. The number of benzene rings is 1. The summed E-state index contributed by atoms with van der Waals surface area (Å²) in [6.45, 7) is 3.78. The van der Waals surface area contributed by atoms with Crippen molar-refractivity contribution in [1.82, 2.24) is 9.88 Å². The Labute approximate surface area is 120 Å². The van der Waals surface area contributed by atoms with Gasteiger partial charge in [-0.1, -0.05) is 24.3 Å². The number of nitrogens with zero attached hydrogens (tertiary/aromatic N) is 1. The van der Waals surface area contributed by atoms with Crippen molar-refractivity contribution in [3.63, 3.8) is 0 Å². The van der Waals surface area contributed by atoms with Gasteiger partial charge in [0.1, 0.15) is 0 Å². The van der Waals surface area contributed by atoms with Gasteiger partial charge in [0, 0.05) is 31.9 Å². The fourth-order valence-corrected chi connectivity index (χ4v) is 2.24. The highest BCUT2D eigenvalue weighted by molar-refractivity contribution is 5.76. The second-order valence-electron chi connectivity index (χ2n) is 5.05. The Morgan fingerprint density at radius 2 is 1.90 bits per heavy atom. The van der Waals surface area contributed by atoms with Crippen LogP contribution < -0.4 is 5.32 Å². The first-order valence-corrected chi connectivity index (χ1v) is 7.17.